The van der Waals surface area contributed by atoms with Crippen molar-refractivity contribution >= 4 is 17.6 Å². The van der Waals surface area contributed by atoms with E-state index in [1.54, 1.807) is 0 Å². The van der Waals surface area contributed by atoms with Crippen LogP contribution in [0.15, 0.2) is 0 Å². The normalized spacial score (nSPS) is 32.1. The van der Waals surface area contributed by atoms with Gasteiger partial charge in [-0.1, -0.05) is 0 Å². The quantitative estimate of drug-likeness (QED) is 0.0528. The van der Waals surface area contributed by atoms with Gasteiger partial charge in [-0.3, -0.25) is 14.4 Å². The van der Waals surface area contributed by atoms with Crippen molar-refractivity contribution < 1.29 is 74.2 Å². The zero-order valence-electron chi connectivity index (χ0n) is 26.2. The summed E-state index contributed by atoms with van der Waals surface area (Å²) in [4.78, 5) is 36.5. The van der Waals surface area contributed by atoms with Crippen LogP contribution in [0.25, 0.3) is 0 Å². The van der Waals surface area contributed by atoms with Crippen molar-refractivity contribution in [3.63, 3.8) is 0 Å². The monoisotopic (exact) mass is 668 g/mol. The second kappa shape index (κ2) is 21.2. The Kier molecular flexibility index (Phi) is 18.6. The van der Waals surface area contributed by atoms with E-state index in [1.165, 1.54) is 6.92 Å². The lowest BCUT2D eigenvalue weighted by Crippen LogP contribution is -2.59. The van der Waals surface area contributed by atoms with Gasteiger partial charge in [-0.2, -0.15) is 0 Å². The lowest BCUT2D eigenvalue weighted by Gasteiger charge is -2.39. The van der Waals surface area contributed by atoms with Crippen molar-refractivity contribution in [1.82, 2.24) is 10.6 Å². The maximum absolute atomic E-state index is 12.3. The van der Waals surface area contributed by atoms with E-state index in [-0.39, 0.29) is 43.7 Å². The number of hydrogen-bond donors (Lipinski definition) is 10. The number of ketones is 1. The minimum Gasteiger partial charge on any atom is -0.394 e. The summed E-state index contributed by atoms with van der Waals surface area (Å²) < 4.78 is 21.3. The highest BCUT2D eigenvalue weighted by molar-refractivity contribution is 5.87. The van der Waals surface area contributed by atoms with E-state index >= 15 is 0 Å². The molecule has 0 bridgehead atoms. The number of Topliss-reactive ketones (excluding diaryl/α,β-unsaturated/α-hetero) is 1. The fourth-order valence-corrected chi connectivity index (χ4v) is 5.02. The average Bonchev–Trinajstić information content (AvgIpc) is 3.03. The predicted molar refractivity (Wildman–Crippen MR) is 157 cm³/mol. The minimum absolute atomic E-state index is 0.0910. The van der Waals surface area contributed by atoms with Crippen molar-refractivity contribution in [2.24, 2.45) is 0 Å². The van der Waals surface area contributed by atoms with Crippen LogP contribution in [0.2, 0.25) is 0 Å². The molecule has 0 radical (unpaired) electrons. The van der Waals surface area contributed by atoms with Crippen LogP contribution in [-0.2, 0) is 33.3 Å². The number of ether oxygens (including phenoxy) is 4. The SMILES string of the molecule is CC(=O)[C@@H](CCCCNC(=O)CCCCOC1OC(CO)C(O)C(O)C1O)NC(=O)CCCCOC1O[C@@H](CO)C(O)C(O)C1O. The molecule has 2 fully saturated rings. The molecule has 46 heavy (non-hydrogen) atoms. The number of aliphatic hydroxyl groups excluding tert-OH is 8. The molecular weight excluding hydrogens is 616 g/mol. The van der Waals surface area contributed by atoms with E-state index in [0.29, 0.717) is 51.5 Å². The molecule has 17 nitrogen and oxygen atoms in total. The van der Waals surface area contributed by atoms with Crippen molar-refractivity contribution in [2.45, 2.75) is 132 Å². The predicted octanol–water partition coefficient (Wildman–Crippen LogP) is -3.68. The Morgan fingerprint density at radius 1 is 0.652 bits per heavy atom. The van der Waals surface area contributed by atoms with Gasteiger partial charge in [-0.15, -0.1) is 0 Å². The summed E-state index contributed by atoms with van der Waals surface area (Å²) in [6.07, 6.45) is -9.77. The van der Waals surface area contributed by atoms with E-state index in [0.717, 1.165) is 0 Å². The Labute approximate surface area is 267 Å². The molecule has 2 rings (SSSR count). The second-order valence-electron chi connectivity index (χ2n) is 11.6. The van der Waals surface area contributed by atoms with Crippen LogP contribution in [0.1, 0.15) is 64.7 Å². The maximum atomic E-state index is 12.3. The Balaban J connectivity index is 1.52. The first kappa shape index (κ1) is 40.3. The zero-order chi connectivity index (χ0) is 34.2. The van der Waals surface area contributed by atoms with E-state index in [1.807, 2.05) is 0 Å². The highest BCUT2D eigenvalue weighted by Crippen LogP contribution is 2.23. The van der Waals surface area contributed by atoms with Crippen molar-refractivity contribution in [3.05, 3.63) is 0 Å². The van der Waals surface area contributed by atoms with Gasteiger partial charge in [-0.05, 0) is 51.9 Å². The lowest BCUT2D eigenvalue weighted by atomic mass is 9.99. The smallest absolute Gasteiger partial charge is 0.220 e. The molecular formula is C29H52N2O15. The average molecular weight is 669 g/mol. The first-order chi connectivity index (χ1) is 21.9. The number of carbonyl (C=O) groups is 3. The van der Waals surface area contributed by atoms with Gasteiger partial charge in [0.2, 0.25) is 11.8 Å². The molecule has 0 aromatic heterocycles. The third-order valence-corrected chi connectivity index (χ3v) is 7.93. The molecule has 11 atom stereocenters. The summed E-state index contributed by atoms with van der Waals surface area (Å²) in [5.74, 6) is -0.661. The van der Waals surface area contributed by atoms with Gasteiger partial charge in [0, 0.05) is 32.6 Å². The second-order valence-corrected chi connectivity index (χ2v) is 11.6. The van der Waals surface area contributed by atoms with Gasteiger partial charge in [0.1, 0.15) is 48.8 Å². The molecule has 0 aromatic carbocycles. The molecule has 0 spiro atoms. The molecule has 2 saturated heterocycles. The largest absolute Gasteiger partial charge is 0.394 e. The Hall–Kier alpha value is -1.87. The van der Waals surface area contributed by atoms with Crippen LogP contribution >= 0.6 is 0 Å². The van der Waals surface area contributed by atoms with Crippen LogP contribution in [-0.4, -0.2) is 159 Å². The molecule has 2 aliphatic rings. The van der Waals surface area contributed by atoms with Gasteiger partial charge in [0.05, 0.1) is 19.3 Å². The fraction of sp³-hybridized carbons (Fsp3) is 0.897. The number of aliphatic hydroxyl groups is 8. The van der Waals surface area contributed by atoms with Crippen LogP contribution in [0, 0.1) is 0 Å². The number of nitrogens with one attached hydrogen (secondary N) is 2. The number of amides is 2. The Morgan fingerprint density at radius 3 is 1.59 bits per heavy atom. The number of unbranched alkanes of at least 4 members (excludes halogenated alkanes) is 3. The highest BCUT2D eigenvalue weighted by atomic mass is 16.7. The third kappa shape index (κ3) is 13.0. The summed E-state index contributed by atoms with van der Waals surface area (Å²) >= 11 is 0. The van der Waals surface area contributed by atoms with Crippen LogP contribution in [0.3, 0.4) is 0 Å². The number of carbonyl (C=O) groups excluding carboxylic acids is 3. The summed E-state index contributed by atoms with van der Waals surface area (Å²) in [6, 6.07) is -0.655. The molecule has 0 saturated carbocycles. The summed E-state index contributed by atoms with van der Waals surface area (Å²) in [6.45, 7) is 0.898. The lowest BCUT2D eigenvalue weighted by molar-refractivity contribution is -0.301. The third-order valence-electron chi connectivity index (χ3n) is 7.93. The Bertz CT molecular complexity index is 910. The van der Waals surface area contributed by atoms with Crippen LogP contribution < -0.4 is 10.6 Å². The van der Waals surface area contributed by atoms with Gasteiger partial charge in [0.25, 0.3) is 0 Å². The zero-order valence-corrected chi connectivity index (χ0v) is 26.2. The van der Waals surface area contributed by atoms with Crippen molar-refractivity contribution in [1.29, 1.82) is 0 Å². The minimum atomic E-state index is -1.53. The first-order valence-electron chi connectivity index (χ1n) is 15.8. The van der Waals surface area contributed by atoms with Gasteiger partial charge in [0.15, 0.2) is 18.4 Å². The molecule has 10 N–H and O–H groups in total. The van der Waals surface area contributed by atoms with Gasteiger partial charge in [-0.25, -0.2) is 0 Å². The first-order valence-corrected chi connectivity index (χ1v) is 15.8. The van der Waals surface area contributed by atoms with E-state index in [9.17, 15) is 55.2 Å². The Morgan fingerprint density at radius 2 is 1.13 bits per heavy atom. The van der Waals surface area contributed by atoms with Crippen LogP contribution in [0.5, 0.6) is 0 Å². The number of rotatable bonds is 21. The van der Waals surface area contributed by atoms with Gasteiger partial charge >= 0.3 is 0 Å². The van der Waals surface area contributed by atoms with Crippen molar-refractivity contribution in [3.8, 4) is 0 Å². The topological polar surface area (TPSA) is 274 Å². The molecule has 0 aliphatic carbocycles. The summed E-state index contributed by atoms with van der Waals surface area (Å²) in [7, 11) is 0. The standard InChI is InChI=1S/C29H52N2O15/c1-16(34)17(31-21(36)10-4-7-13-44-29-27(42)25(40)23(38)19(15-33)46-29)8-2-5-11-30-20(35)9-3-6-12-43-28-26(41)24(39)22(37)18(14-32)45-28/h17-19,22-29,32-33,37-42H,2-15H2,1H3,(H,30,35)(H,31,36)/t17-,18?,19+,22?,23?,24?,25?,26?,27?,28?,29?/m1/s1. The molecule has 9 unspecified atom stereocenters. The molecule has 2 heterocycles. The van der Waals surface area contributed by atoms with Crippen LogP contribution in [0.4, 0.5) is 0 Å². The molecule has 268 valence electrons. The van der Waals surface area contributed by atoms with E-state index in [2.05, 4.69) is 10.6 Å². The summed E-state index contributed by atoms with van der Waals surface area (Å²) in [5.41, 5.74) is 0. The van der Waals surface area contributed by atoms with E-state index in [4.69, 9.17) is 18.9 Å². The van der Waals surface area contributed by atoms with Crippen molar-refractivity contribution in [2.75, 3.05) is 33.0 Å². The maximum Gasteiger partial charge on any atom is 0.220 e. The number of hydrogen-bond acceptors (Lipinski definition) is 15. The van der Waals surface area contributed by atoms with E-state index < -0.39 is 80.7 Å². The molecule has 2 aliphatic heterocycles. The van der Waals surface area contributed by atoms with Gasteiger partial charge < -0.3 is 70.4 Å². The summed E-state index contributed by atoms with van der Waals surface area (Å²) in [5, 5.41) is 83.1. The fourth-order valence-electron chi connectivity index (χ4n) is 5.02. The highest BCUT2D eigenvalue weighted by Gasteiger charge is 2.45. The molecule has 0 aromatic rings. The molecule has 17 heteroatoms. The molecule has 2 amide bonds.